The van der Waals surface area contributed by atoms with E-state index in [9.17, 15) is 9.59 Å². The number of aliphatic hydroxyl groups excluding tert-OH is 1. The van der Waals surface area contributed by atoms with Crippen molar-refractivity contribution in [2.75, 3.05) is 18.5 Å². The molecule has 2 N–H and O–H groups in total. The summed E-state index contributed by atoms with van der Waals surface area (Å²) in [5.74, 6) is -0.111. The maximum atomic E-state index is 12.0. The van der Waals surface area contributed by atoms with Crippen LogP contribution in [0.1, 0.15) is 12.8 Å². The normalized spacial score (nSPS) is 24.1. The van der Waals surface area contributed by atoms with Crippen molar-refractivity contribution in [3.05, 3.63) is 12.4 Å². The van der Waals surface area contributed by atoms with Gasteiger partial charge >= 0.3 is 6.09 Å². The first-order valence-corrected chi connectivity index (χ1v) is 6.55. The van der Waals surface area contributed by atoms with Crippen molar-refractivity contribution < 1.29 is 24.2 Å². The Hall–Kier alpha value is -2.42. The number of carbonyl (C=O) groups is 2. The minimum atomic E-state index is -1.12. The van der Waals surface area contributed by atoms with Crippen LogP contribution in [-0.4, -0.2) is 57.5 Å². The zero-order valence-corrected chi connectivity index (χ0v) is 11.1. The summed E-state index contributed by atoms with van der Waals surface area (Å²) in [6, 6.07) is 0. The van der Waals surface area contributed by atoms with Gasteiger partial charge in [0, 0.05) is 19.0 Å². The topological polar surface area (TPSA) is 114 Å². The van der Waals surface area contributed by atoms with Crippen LogP contribution >= 0.6 is 0 Å². The molecule has 3 rings (SSSR count). The van der Waals surface area contributed by atoms with E-state index < -0.39 is 18.2 Å². The molecule has 3 heterocycles. The Morgan fingerprint density at radius 2 is 2.14 bits per heavy atom. The maximum absolute atomic E-state index is 12.0. The highest BCUT2D eigenvalue weighted by molar-refractivity contribution is 5.97. The molecule has 2 atom stereocenters. The molecule has 2 aliphatic heterocycles. The van der Waals surface area contributed by atoms with Crippen LogP contribution in [0.25, 0.3) is 0 Å². The fourth-order valence-electron chi connectivity index (χ4n) is 2.24. The molecule has 1 aromatic rings. The number of hydrogen-bond acceptors (Lipinski definition) is 7. The third-order valence-electron chi connectivity index (χ3n) is 3.22. The molecule has 21 heavy (non-hydrogen) atoms. The Morgan fingerprint density at radius 3 is 2.95 bits per heavy atom. The van der Waals surface area contributed by atoms with Crippen LogP contribution < -0.4 is 10.1 Å². The average molecular weight is 294 g/mol. The van der Waals surface area contributed by atoms with Gasteiger partial charge in [-0.05, 0) is 12.8 Å². The van der Waals surface area contributed by atoms with Crippen LogP contribution in [0.4, 0.5) is 10.6 Å². The molecule has 0 bridgehead atoms. The number of nitrogens with zero attached hydrogens (tertiary/aromatic N) is 3. The van der Waals surface area contributed by atoms with Crippen LogP contribution in [0, 0.1) is 0 Å². The van der Waals surface area contributed by atoms with Gasteiger partial charge < -0.3 is 19.9 Å². The van der Waals surface area contributed by atoms with Crippen LogP contribution in [0.5, 0.6) is 5.88 Å². The van der Waals surface area contributed by atoms with E-state index in [4.69, 9.17) is 14.6 Å². The van der Waals surface area contributed by atoms with E-state index >= 15 is 0 Å². The lowest BCUT2D eigenvalue weighted by molar-refractivity contribution is -0.130. The van der Waals surface area contributed by atoms with Crippen LogP contribution in [0.2, 0.25) is 0 Å². The monoisotopic (exact) mass is 294 g/mol. The second kappa shape index (κ2) is 5.52. The first-order chi connectivity index (χ1) is 10.2. The number of ether oxygens (including phenoxy) is 2. The van der Waals surface area contributed by atoms with Crippen LogP contribution in [-0.2, 0) is 9.53 Å². The Bertz CT molecular complexity index is 566. The Morgan fingerprint density at radius 1 is 1.33 bits per heavy atom. The van der Waals surface area contributed by atoms with E-state index in [2.05, 4.69) is 15.3 Å². The molecule has 2 aliphatic rings. The predicted molar refractivity (Wildman–Crippen MR) is 68.4 cm³/mol. The van der Waals surface area contributed by atoms with Gasteiger partial charge in [-0.25, -0.2) is 14.8 Å². The molecule has 0 aliphatic carbocycles. The fraction of sp³-hybridized carbons (Fsp3) is 0.500. The van der Waals surface area contributed by atoms with E-state index in [0.29, 0.717) is 12.8 Å². The molecular formula is C12H14N4O5. The number of carbonyl (C=O) groups excluding carboxylic acids is 2. The van der Waals surface area contributed by atoms with Gasteiger partial charge in [0.15, 0.2) is 5.82 Å². The number of aliphatic hydroxyl groups is 1. The first-order valence-electron chi connectivity index (χ1n) is 6.55. The van der Waals surface area contributed by atoms with Gasteiger partial charge in [-0.3, -0.25) is 9.69 Å². The molecule has 9 heteroatoms. The van der Waals surface area contributed by atoms with Crippen molar-refractivity contribution >= 4 is 17.8 Å². The highest BCUT2D eigenvalue weighted by atomic mass is 16.6. The Kier molecular flexibility index (Phi) is 3.57. The largest absolute Gasteiger partial charge is 0.444 e. The minimum Gasteiger partial charge on any atom is -0.444 e. The number of anilines is 1. The van der Waals surface area contributed by atoms with Gasteiger partial charge in [-0.2, -0.15) is 0 Å². The van der Waals surface area contributed by atoms with Crippen LogP contribution in [0.3, 0.4) is 0 Å². The number of nitrogens with one attached hydrogen (secondary N) is 1. The van der Waals surface area contributed by atoms with Gasteiger partial charge in [0.25, 0.3) is 18.0 Å². The summed E-state index contributed by atoms with van der Waals surface area (Å²) >= 11 is 0. The molecule has 0 radical (unpaired) electrons. The summed E-state index contributed by atoms with van der Waals surface area (Å²) in [6.45, 7) is 0.254. The van der Waals surface area contributed by atoms with Gasteiger partial charge in [-0.15, -0.1) is 0 Å². The highest BCUT2D eigenvalue weighted by Crippen LogP contribution is 2.27. The van der Waals surface area contributed by atoms with E-state index in [1.165, 1.54) is 17.3 Å². The number of amides is 2. The highest BCUT2D eigenvalue weighted by Gasteiger charge is 2.43. The molecular weight excluding hydrogens is 280 g/mol. The molecule has 9 nitrogen and oxygen atoms in total. The van der Waals surface area contributed by atoms with Crippen molar-refractivity contribution in [2.24, 2.45) is 0 Å². The zero-order valence-electron chi connectivity index (χ0n) is 11.1. The number of rotatable bonds is 4. The summed E-state index contributed by atoms with van der Waals surface area (Å²) in [7, 11) is 0. The van der Waals surface area contributed by atoms with E-state index in [-0.39, 0.29) is 31.0 Å². The lowest BCUT2D eigenvalue weighted by Crippen LogP contribution is -2.51. The third kappa shape index (κ3) is 2.59. The van der Waals surface area contributed by atoms with Gasteiger partial charge in [0.05, 0.1) is 6.54 Å². The van der Waals surface area contributed by atoms with Crippen molar-refractivity contribution in [3.63, 3.8) is 0 Å². The molecule has 1 aromatic heterocycles. The standard InChI is InChI=1S/C12H14N4O5/c17-5-1-2-7-6-16(12(19)20-7)11-9(18)15-8-10(21-11)14-4-3-13-8/h3-4,7,11,17H,1-2,5-6H2,(H,13,15,18). The smallest absolute Gasteiger partial charge is 0.413 e. The molecule has 112 valence electrons. The first kappa shape index (κ1) is 13.6. The average Bonchev–Trinajstić information content (AvgIpc) is 2.85. The maximum Gasteiger partial charge on any atom is 0.413 e. The fourth-order valence-corrected chi connectivity index (χ4v) is 2.24. The predicted octanol–water partition coefficient (Wildman–Crippen LogP) is -0.273. The summed E-state index contributed by atoms with van der Waals surface area (Å²) in [4.78, 5) is 33.0. The Labute approximate surface area is 119 Å². The Balaban J connectivity index is 1.73. The quantitative estimate of drug-likeness (QED) is 0.785. The molecule has 1 saturated heterocycles. The van der Waals surface area contributed by atoms with Crippen molar-refractivity contribution in [2.45, 2.75) is 25.2 Å². The van der Waals surface area contributed by atoms with E-state index in [1.807, 2.05) is 0 Å². The number of hydrogen-bond donors (Lipinski definition) is 2. The van der Waals surface area contributed by atoms with Crippen molar-refractivity contribution in [3.8, 4) is 5.88 Å². The zero-order chi connectivity index (χ0) is 14.8. The van der Waals surface area contributed by atoms with Gasteiger partial charge in [0.2, 0.25) is 0 Å². The van der Waals surface area contributed by atoms with E-state index in [0.717, 1.165) is 0 Å². The summed E-state index contributed by atoms with van der Waals surface area (Å²) < 4.78 is 10.6. The van der Waals surface area contributed by atoms with Gasteiger partial charge in [0.1, 0.15) is 6.10 Å². The van der Waals surface area contributed by atoms with Gasteiger partial charge in [-0.1, -0.05) is 0 Å². The second-order valence-electron chi connectivity index (χ2n) is 4.69. The lowest BCUT2D eigenvalue weighted by atomic mass is 10.2. The van der Waals surface area contributed by atoms with Crippen molar-refractivity contribution in [1.29, 1.82) is 0 Å². The molecule has 0 aromatic carbocycles. The SMILES string of the molecule is O=C1Nc2nccnc2OC1N1CC(CCCO)OC1=O. The number of aromatic nitrogens is 2. The molecule has 0 spiro atoms. The summed E-state index contributed by atoms with van der Waals surface area (Å²) in [5, 5.41) is 11.3. The number of cyclic esters (lactones) is 1. The van der Waals surface area contributed by atoms with Crippen molar-refractivity contribution in [1.82, 2.24) is 14.9 Å². The minimum absolute atomic E-state index is 0.0252. The second-order valence-corrected chi connectivity index (χ2v) is 4.69. The molecule has 1 fully saturated rings. The van der Waals surface area contributed by atoms with E-state index in [1.54, 1.807) is 0 Å². The lowest BCUT2D eigenvalue weighted by Gasteiger charge is -2.28. The molecule has 2 amide bonds. The number of fused-ring (bicyclic) bond motifs is 1. The summed E-state index contributed by atoms with van der Waals surface area (Å²) in [6.07, 6.45) is 1.81. The molecule has 0 saturated carbocycles. The summed E-state index contributed by atoms with van der Waals surface area (Å²) in [5.41, 5.74) is 0. The van der Waals surface area contributed by atoms with Crippen LogP contribution in [0.15, 0.2) is 12.4 Å². The third-order valence-corrected chi connectivity index (χ3v) is 3.22. The molecule has 2 unspecified atom stereocenters.